The topological polar surface area (TPSA) is 83.6 Å². The van der Waals surface area contributed by atoms with Crippen LogP contribution in [0, 0.1) is 0 Å². The molecule has 1 aromatic carbocycles. The maximum Gasteiger partial charge on any atom is 0.240 e. The lowest BCUT2D eigenvalue weighted by atomic mass is 10.0. The third-order valence-corrected chi connectivity index (χ3v) is 7.24. The van der Waals surface area contributed by atoms with Crippen LogP contribution in [-0.4, -0.2) is 32.7 Å². The van der Waals surface area contributed by atoms with E-state index in [0.717, 1.165) is 44.2 Å². The second-order valence-electron chi connectivity index (χ2n) is 8.80. The number of hydrogen-bond acceptors (Lipinski definition) is 4. The van der Waals surface area contributed by atoms with Crippen molar-refractivity contribution in [3.8, 4) is 0 Å². The van der Waals surface area contributed by atoms with Gasteiger partial charge in [0.2, 0.25) is 10.0 Å². The Hall–Kier alpha value is -1.11. The molecule has 1 fully saturated rings. The van der Waals surface area contributed by atoms with E-state index in [1.165, 1.54) is 57.8 Å². The summed E-state index contributed by atoms with van der Waals surface area (Å²) in [4.78, 5) is 2.22. The van der Waals surface area contributed by atoms with E-state index in [1.807, 2.05) is 17.0 Å². The highest BCUT2D eigenvalue weighted by molar-refractivity contribution is 7.89. The van der Waals surface area contributed by atoms with Crippen LogP contribution in [0.2, 0.25) is 0 Å². The summed E-state index contributed by atoms with van der Waals surface area (Å²) in [6, 6.07) is 5.63. The molecule has 1 aliphatic heterocycles. The number of aryl methyl sites for hydroxylation is 1. The van der Waals surface area contributed by atoms with Crippen LogP contribution in [-0.2, 0) is 16.4 Å². The first-order valence-electron chi connectivity index (χ1n) is 12.0. The quantitative estimate of drug-likeness (QED) is 0.394. The van der Waals surface area contributed by atoms with E-state index in [9.17, 15) is 13.5 Å². The van der Waals surface area contributed by atoms with Gasteiger partial charge in [-0.15, -0.1) is 0 Å². The van der Waals surface area contributed by atoms with Crippen molar-refractivity contribution in [3.63, 3.8) is 0 Å². The van der Waals surface area contributed by atoms with Crippen LogP contribution in [0.4, 0.5) is 5.69 Å². The number of sulfonamides is 1. The molecule has 1 saturated heterocycles. The van der Waals surface area contributed by atoms with Gasteiger partial charge < -0.3 is 10.0 Å². The van der Waals surface area contributed by atoms with Gasteiger partial charge in [-0.1, -0.05) is 70.8 Å². The Kier molecular flexibility index (Phi) is 11.2. The molecule has 6 heteroatoms. The SMILES string of the molecule is CCCCCCCCCCCCc1ccc(N2CCCCC2CO)c(S(N)(=O)=O)c1. The van der Waals surface area contributed by atoms with E-state index in [0.29, 0.717) is 5.69 Å². The van der Waals surface area contributed by atoms with Gasteiger partial charge in [-0.25, -0.2) is 13.6 Å². The van der Waals surface area contributed by atoms with Crippen LogP contribution in [0.15, 0.2) is 23.1 Å². The molecule has 0 bridgehead atoms. The van der Waals surface area contributed by atoms with Gasteiger partial charge in [0.05, 0.1) is 18.3 Å². The molecule has 0 amide bonds. The van der Waals surface area contributed by atoms with E-state index in [1.54, 1.807) is 6.07 Å². The molecule has 0 radical (unpaired) electrons. The van der Waals surface area contributed by atoms with Gasteiger partial charge in [-0.3, -0.25) is 0 Å². The van der Waals surface area contributed by atoms with Gasteiger partial charge in [-0.05, 0) is 49.8 Å². The van der Waals surface area contributed by atoms with E-state index in [2.05, 4.69) is 6.92 Å². The number of primary sulfonamides is 1. The van der Waals surface area contributed by atoms with Crippen LogP contribution in [0.1, 0.15) is 96.0 Å². The van der Waals surface area contributed by atoms with Crippen LogP contribution >= 0.6 is 0 Å². The summed E-state index contributed by atoms with van der Waals surface area (Å²) in [6.45, 7) is 3.04. The Labute approximate surface area is 184 Å². The summed E-state index contributed by atoms with van der Waals surface area (Å²) in [6.07, 6.45) is 16.7. The first-order valence-corrected chi connectivity index (χ1v) is 13.5. The third-order valence-electron chi connectivity index (χ3n) is 6.30. The van der Waals surface area contributed by atoms with Gasteiger partial charge >= 0.3 is 0 Å². The molecule has 2 rings (SSSR count). The Bertz CT molecular complexity index is 721. The number of benzene rings is 1. The van der Waals surface area contributed by atoms with E-state index < -0.39 is 10.0 Å². The minimum Gasteiger partial charge on any atom is -0.394 e. The van der Waals surface area contributed by atoms with E-state index in [-0.39, 0.29) is 17.5 Å². The van der Waals surface area contributed by atoms with Crippen molar-refractivity contribution in [2.45, 2.75) is 108 Å². The zero-order valence-electron chi connectivity index (χ0n) is 18.8. The molecule has 30 heavy (non-hydrogen) atoms. The number of nitrogens with zero attached hydrogens (tertiary/aromatic N) is 1. The van der Waals surface area contributed by atoms with Crippen LogP contribution in [0.25, 0.3) is 0 Å². The average Bonchev–Trinajstić information content (AvgIpc) is 2.74. The normalized spacial score (nSPS) is 17.4. The lowest BCUT2D eigenvalue weighted by Crippen LogP contribution is -2.42. The number of piperidine rings is 1. The van der Waals surface area contributed by atoms with Crippen molar-refractivity contribution in [1.82, 2.24) is 0 Å². The maximum absolute atomic E-state index is 12.3. The lowest BCUT2D eigenvalue weighted by molar-refractivity contribution is 0.239. The Morgan fingerprint density at radius 2 is 1.63 bits per heavy atom. The third kappa shape index (κ3) is 8.20. The number of hydrogen-bond donors (Lipinski definition) is 2. The molecule has 0 aromatic heterocycles. The summed E-state index contributed by atoms with van der Waals surface area (Å²) < 4.78 is 24.5. The first kappa shape index (κ1) is 25.2. The van der Waals surface area contributed by atoms with Gasteiger partial charge in [0, 0.05) is 6.54 Å². The lowest BCUT2D eigenvalue weighted by Gasteiger charge is -2.37. The minimum absolute atomic E-state index is 0.0322. The highest BCUT2D eigenvalue weighted by Crippen LogP contribution is 2.31. The first-order chi connectivity index (χ1) is 14.5. The highest BCUT2D eigenvalue weighted by Gasteiger charge is 2.26. The molecular formula is C24H42N2O3S. The molecule has 172 valence electrons. The van der Waals surface area contributed by atoms with Gasteiger partial charge in [0.15, 0.2) is 0 Å². The van der Waals surface area contributed by atoms with Crippen molar-refractivity contribution in [2.24, 2.45) is 5.14 Å². The maximum atomic E-state index is 12.3. The molecule has 1 aliphatic rings. The molecule has 1 atom stereocenters. The fourth-order valence-corrected chi connectivity index (χ4v) is 5.30. The van der Waals surface area contributed by atoms with Crippen LogP contribution in [0.5, 0.6) is 0 Å². The number of nitrogens with two attached hydrogens (primary N) is 1. The van der Waals surface area contributed by atoms with Crippen molar-refractivity contribution in [3.05, 3.63) is 23.8 Å². The molecule has 3 N–H and O–H groups in total. The summed E-state index contributed by atoms with van der Waals surface area (Å²) in [5.74, 6) is 0. The van der Waals surface area contributed by atoms with Crippen molar-refractivity contribution < 1.29 is 13.5 Å². The molecular weight excluding hydrogens is 396 g/mol. The predicted octanol–water partition coefficient (Wildman–Crippen LogP) is 5.15. The largest absolute Gasteiger partial charge is 0.394 e. The standard InChI is InChI=1S/C24H42N2O3S/c1-2-3-4-5-6-7-8-9-10-11-14-21-16-17-23(24(19-21)30(25,28)29)26-18-13-12-15-22(26)20-27/h16-17,19,22,27H,2-15,18,20H2,1H3,(H2,25,28,29). The molecule has 0 aliphatic carbocycles. The van der Waals surface area contributed by atoms with Gasteiger partial charge in [0.25, 0.3) is 0 Å². The summed E-state index contributed by atoms with van der Waals surface area (Å²) in [5.41, 5.74) is 1.67. The molecule has 1 aromatic rings. The van der Waals surface area contributed by atoms with E-state index >= 15 is 0 Å². The monoisotopic (exact) mass is 438 g/mol. The zero-order valence-corrected chi connectivity index (χ0v) is 19.6. The van der Waals surface area contributed by atoms with Crippen molar-refractivity contribution in [1.29, 1.82) is 0 Å². The van der Waals surface area contributed by atoms with Gasteiger partial charge in [-0.2, -0.15) is 0 Å². The fraction of sp³-hybridized carbons (Fsp3) is 0.750. The van der Waals surface area contributed by atoms with Crippen molar-refractivity contribution >= 4 is 15.7 Å². The number of aliphatic hydroxyl groups is 1. The number of aliphatic hydroxyl groups excluding tert-OH is 1. The van der Waals surface area contributed by atoms with Gasteiger partial charge in [0.1, 0.15) is 4.90 Å². The number of unbranched alkanes of at least 4 members (excludes halogenated alkanes) is 9. The zero-order chi connectivity index (χ0) is 21.8. The summed E-state index contributed by atoms with van der Waals surface area (Å²) >= 11 is 0. The predicted molar refractivity (Wildman–Crippen MR) is 125 cm³/mol. The minimum atomic E-state index is -3.81. The van der Waals surface area contributed by atoms with Crippen molar-refractivity contribution in [2.75, 3.05) is 18.1 Å². The Morgan fingerprint density at radius 3 is 2.23 bits per heavy atom. The van der Waals surface area contributed by atoms with E-state index in [4.69, 9.17) is 5.14 Å². The molecule has 1 unspecified atom stereocenters. The Balaban J connectivity index is 1.86. The number of anilines is 1. The summed E-state index contributed by atoms with van der Waals surface area (Å²) in [5, 5.41) is 15.3. The smallest absolute Gasteiger partial charge is 0.240 e. The fourth-order valence-electron chi connectivity index (χ4n) is 4.50. The average molecular weight is 439 g/mol. The Morgan fingerprint density at radius 1 is 1.00 bits per heavy atom. The number of rotatable bonds is 14. The molecule has 5 nitrogen and oxygen atoms in total. The molecule has 1 heterocycles. The highest BCUT2D eigenvalue weighted by atomic mass is 32.2. The second-order valence-corrected chi connectivity index (χ2v) is 10.3. The molecule has 0 saturated carbocycles. The van der Waals surface area contributed by atoms with Crippen LogP contribution < -0.4 is 10.0 Å². The van der Waals surface area contributed by atoms with Crippen LogP contribution in [0.3, 0.4) is 0 Å². The summed E-state index contributed by atoms with van der Waals surface area (Å²) in [7, 11) is -3.81. The second kappa shape index (κ2) is 13.3. The molecule has 0 spiro atoms.